The maximum absolute atomic E-state index is 12.4. The Morgan fingerprint density at radius 3 is 2.17 bits per heavy atom. The second kappa shape index (κ2) is 6.40. The van der Waals surface area contributed by atoms with Crippen LogP contribution in [0, 0.1) is 13.8 Å². The van der Waals surface area contributed by atoms with E-state index in [4.69, 9.17) is 0 Å². The number of urea groups is 1. The Morgan fingerprint density at radius 1 is 0.958 bits per heavy atom. The molecule has 4 nitrogen and oxygen atoms in total. The lowest BCUT2D eigenvalue weighted by molar-refractivity contribution is 0.0198. The van der Waals surface area contributed by atoms with E-state index in [0.29, 0.717) is 18.1 Å². The summed E-state index contributed by atoms with van der Waals surface area (Å²) in [4.78, 5) is 15.2. The van der Waals surface area contributed by atoms with Crippen molar-refractivity contribution in [2.24, 2.45) is 0 Å². The molecule has 1 aromatic rings. The minimum Gasteiger partial charge on any atom is -0.335 e. The number of hydrogen-bond acceptors (Lipinski definition) is 2. The van der Waals surface area contributed by atoms with Crippen LogP contribution in [0.1, 0.15) is 56.1 Å². The fraction of sp³-hybridized carbons (Fsp3) is 0.650. The molecule has 3 aliphatic rings. The van der Waals surface area contributed by atoms with Gasteiger partial charge in [0.25, 0.3) is 0 Å². The molecule has 2 atom stereocenters. The molecule has 1 aromatic carbocycles. The topological polar surface area (TPSA) is 44.4 Å². The van der Waals surface area contributed by atoms with Crippen LogP contribution in [0.2, 0.25) is 0 Å². The van der Waals surface area contributed by atoms with E-state index in [2.05, 4.69) is 35.4 Å². The van der Waals surface area contributed by atoms with Crippen molar-refractivity contribution in [1.82, 2.24) is 10.2 Å². The molecular formula is C20H29N3O. The molecule has 0 unspecified atom stereocenters. The quantitative estimate of drug-likeness (QED) is 0.882. The van der Waals surface area contributed by atoms with E-state index < -0.39 is 0 Å². The van der Waals surface area contributed by atoms with Gasteiger partial charge in [0.2, 0.25) is 0 Å². The first kappa shape index (κ1) is 15.9. The summed E-state index contributed by atoms with van der Waals surface area (Å²) in [5.74, 6) is 0. The smallest absolute Gasteiger partial charge is 0.319 e. The largest absolute Gasteiger partial charge is 0.335 e. The van der Waals surface area contributed by atoms with E-state index in [0.717, 1.165) is 24.6 Å². The van der Waals surface area contributed by atoms with E-state index in [1.807, 2.05) is 12.1 Å². The number of carbonyl (C=O) groups excluding carboxylic acids is 1. The summed E-state index contributed by atoms with van der Waals surface area (Å²) < 4.78 is 0. The summed E-state index contributed by atoms with van der Waals surface area (Å²) in [5.41, 5.74) is 3.25. The molecule has 1 aliphatic carbocycles. The molecule has 1 saturated carbocycles. The van der Waals surface area contributed by atoms with E-state index >= 15 is 0 Å². The molecule has 0 aromatic heterocycles. The zero-order chi connectivity index (χ0) is 16.7. The molecular weight excluding hydrogens is 298 g/mol. The van der Waals surface area contributed by atoms with Crippen LogP contribution in [0.15, 0.2) is 18.2 Å². The van der Waals surface area contributed by atoms with Gasteiger partial charge in [0.1, 0.15) is 0 Å². The third-order valence-corrected chi connectivity index (χ3v) is 5.81. The number of rotatable bonds is 3. The number of piperidine rings is 2. The van der Waals surface area contributed by atoms with Crippen molar-refractivity contribution in [1.29, 1.82) is 0 Å². The van der Waals surface area contributed by atoms with E-state index in [-0.39, 0.29) is 6.03 Å². The van der Waals surface area contributed by atoms with Gasteiger partial charge in [0, 0.05) is 29.9 Å². The van der Waals surface area contributed by atoms with Gasteiger partial charge >= 0.3 is 6.03 Å². The first-order valence-corrected chi connectivity index (χ1v) is 9.52. The molecule has 0 radical (unpaired) electrons. The minimum absolute atomic E-state index is 0.0528. The van der Waals surface area contributed by atoms with Crippen LogP contribution in [-0.2, 0) is 0 Å². The van der Waals surface area contributed by atoms with Crippen LogP contribution >= 0.6 is 0 Å². The monoisotopic (exact) mass is 327 g/mol. The fourth-order valence-electron chi connectivity index (χ4n) is 4.90. The summed E-state index contributed by atoms with van der Waals surface area (Å²) in [7, 11) is 0. The molecule has 2 aliphatic heterocycles. The van der Waals surface area contributed by atoms with Crippen molar-refractivity contribution < 1.29 is 4.79 Å². The van der Waals surface area contributed by atoms with Crippen molar-refractivity contribution in [3.8, 4) is 0 Å². The molecule has 3 fully saturated rings. The number of aryl methyl sites for hydroxylation is 2. The van der Waals surface area contributed by atoms with Crippen LogP contribution in [-0.4, -0.2) is 35.1 Å². The highest BCUT2D eigenvalue weighted by Gasteiger charge is 2.45. The Kier molecular flexibility index (Phi) is 4.25. The first-order chi connectivity index (χ1) is 11.6. The number of anilines is 1. The number of carbonyl (C=O) groups is 1. The highest BCUT2D eigenvalue weighted by atomic mass is 16.2. The summed E-state index contributed by atoms with van der Waals surface area (Å²) in [5, 5.41) is 6.26. The third-order valence-electron chi connectivity index (χ3n) is 5.81. The van der Waals surface area contributed by atoms with Crippen molar-refractivity contribution in [2.45, 2.75) is 83.0 Å². The molecule has 2 saturated heterocycles. The number of benzene rings is 1. The molecule has 2 amide bonds. The van der Waals surface area contributed by atoms with Gasteiger partial charge in [-0.15, -0.1) is 0 Å². The van der Waals surface area contributed by atoms with Gasteiger partial charge in [-0.1, -0.05) is 12.5 Å². The SMILES string of the molecule is Cc1cc(C)cc(NC(=O)NC2C[C@H]3CCC[C@H](C2)N3C2CC2)c1. The van der Waals surface area contributed by atoms with E-state index in [1.54, 1.807) is 0 Å². The van der Waals surface area contributed by atoms with Gasteiger partial charge in [-0.25, -0.2) is 4.79 Å². The average molecular weight is 327 g/mol. The zero-order valence-electron chi connectivity index (χ0n) is 14.8. The van der Waals surface area contributed by atoms with Gasteiger partial charge in [-0.3, -0.25) is 4.90 Å². The van der Waals surface area contributed by atoms with Crippen LogP contribution in [0.25, 0.3) is 0 Å². The molecule has 0 spiro atoms. The predicted octanol–water partition coefficient (Wildman–Crippen LogP) is 3.97. The maximum Gasteiger partial charge on any atom is 0.319 e. The van der Waals surface area contributed by atoms with Crippen LogP contribution in [0.3, 0.4) is 0 Å². The highest BCUT2D eigenvalue weighted by molar-refractivity contribution is 5.89. The number of nitrogens with one attached hydrogen (secondary N) is 2. The van der Waals surface area contributed by atoms with Gasteiger partial charge < -0.3 is 10.6 Å². The van der Waals surface area contributed by atoms with Gasteiger partial charge in [0.05, 0.1) is 0 Å². The zero-order valence-corrected chi connectivity index (χ0v) is 14.8. The average Bonchev–Trinajstić information content (AvgIpc) is 3.29. The Hall–Kier alpha value is -1.55. The van der Waals surface area contributed by atoms with Crippen molar-refractivity contribution in [3.63, 3.8) is 0 Å². The molecule has 4 heteroatoms. The van der Waals surface area contributed by atoms with E-state index in [9.17, 15) is 4.79 Å². The van der Waals surface area contributed by atoms with Crippen LogP contribution in [0.5, 0.6) is 0 Å². The highest BCUT2D eigenvalue weighted by Crippen LogP contribution is 2.41. The molecule has 2 heterocycles. The summed E-state index contributed by atoms with van der Waals surface area (Å²) in [6.45, 7) is 4.12. The first-order valence-electron chi connectivity index (χ1n) is 9.52. The van der Waals surface area contributed by atoms with Gasteiger partial charge in [0.15, 0.2) is 0 Å². The second-order valence-corrected chi connectivity index (χ2v) is 8.06. The minimum atomic E-state index is -0.0528. The Bertz CT molecular complexity index is 591. The van der Waals surface area contributed by atoms with Crippen molar-refractivity contribution in [3.05, 3.63) is 29.3 Å². The Labute approximate surface area is 145 Å². The molecule has 2 bridgehead atoms. The number of amides is 2. The standard InChI is InChI=1S/C20H29N3O/c1-13-8-14(2)10-15(9-13)21-20(24)22-16-11-18-4-3-5-19(12-16)23(18)17-6-7-17/h8-10,16-19H,3-7,11-12H2,1-2H3,(H2,21,22,24)/t18-,19-/m1/s1. The molecule has 4 rings (SSSR count). The van der Waals surface area contributed by atoms with Crippen molar-refractivity contribution >= 4 is 11.7 Å². The van der Waals surface area contributed by atoms with E-state index in [1.165, 1.54) is 43.2 Å². The van der Waals surface area contributed by atoms with Crippen LogP contribution in [0.4, 0.5) is 10.5 Å². The Morgan fingerprint density at radius 2 is 1.58 bits per heavy atom. The second-order valence-electron chi connectivity index (χ2n) is 8.06. The summed E-state index contributed by atoms with van der Waals surface area (Å²) >= 11 is 0. The third kappa shape index (κ3) is 3.44. The number of nitrogens with zero attached hydrogens (tertiary/aromatic N) is 1. The van der Waals surface area contributed by atoms with Gasteiger partial charge in [-0.05, 0) is 75.6 Å². The fourth-order valence-corrected chi connectivity index (χ4v) is 4.90. The molecule has 24 heavy (non-hydrogen) atoms. The number of hydrogen-bond donors (Lipinski definition) is 2. The molecule has 130 valence electrons. The maximum atomic E-state index is 12.4. The van der Waals surface area contributed by atoms with Crippen molar-refractivity contribution in [2.75, 3.05) is 5.32 Å². The summed E-state index contributed by atoms with van der Waals surface area (Å²) in [6, 6.07) is 8.67. The van der Waals surface area contributed by atoms with Gasteiger partial charge in [-0.2, -0.15) is 0 Å². The normalized spacial score (nSPS) is 30.0. The predicted molar refractivity (Wildman–Crippen MR) is 97.4 cm³/mol. The lowest BCUT2D eigenvalue weighted by Crippen LogP contribution is -2.58. The number of fused-ring (bicyclic) bond motifs is 2. The lowest BCUT2D eigenvalue weighted by atomic mass is 9.81. The molecule has 2 N–H and O–H groups in total. The lowest BCUT2D eigenvalue weighted by Gasteiger charge is -2.49. The summed E-state index contributed by atoms with van der Waals surface area (Å²) in [6.07, 6.45) is 8.99. The van der Waals surface area contributed by atoms with Crippen LogP contribution < -0.4 is 10.6 Å². The Balaban J connectivity index is 1.36.